The van der Waals surface area contributed by atoms with E-state index in [2.05, 4.69) is 6.92 Å². The van der Waals surface area contributed by atoms with E-state index in [4.69, 9.17) is 4.43 Å². The molecule has 0 aliphatic heterocycles. The summed E-state index contributed by atoms with van der Waals surface area (Å²) in [5, 5.41) is 0. The Balaban J connectivity index is 2.03. The zero-order valence-electron chi connectivity index (χ0n) is 18.1. The number of carbonyl (C=O) groups is 1. The molecule has 156 valence electrons. The highest BCUT2D eigenvalue weighted by Crippen LogP contribution is 2.58. The van der Waals surface area contributed by atoms with Crippen LogP contribution in [0.3, 0.4) is 0 Å². The van der Waals surface area contributed by atoms with Gasteiger partial charge in [0, 0.05) is 0 Å². The predicted molar refractivity (Wildman–Crippen MR) is 117 cm³/mol. The average molecular weight is 393 g/mol. The highest BCUT2D eigenvalue weighted by atomic mass is 28.2. The topological polar surface area (TPSA) is 26.3 Å². The van der Waals surface area contributed by atoms with Crippen molar-refractivity contribution in [2.24, 2.45) is 29.1 Å². The van der Waals surface area contributed by atoms with Gasteiger partial charge in [0.15, 0.2) is 0 Å². The van der Waals surface area contributed by atoms with Crippen LogP contribution in [0.5, 0.6) is 0 Å². The Kier molecular flexibility index (Phi) is 8.29. The van der Waals surface area contributed by atoms with E-state index in [1.54, 1.807) is 0 Å². The molecule has 3 aliphatic rings. The Morgan fingerprint density at radius 2 is 1.30 bits per heavy atom. The summed E-state index contributed by atoms with van der Waals surface area (Å²) in [6.45, 7) is 2.34. The molecule has 0 N–H and O–H groups in total. The fourth-order valence-electron chi connectivity index (χ4n) is 7.47. The van der Waals surface area contributed by atoms with Crippen molar-refractivity contribution in [1.29, 1.82) is 0 Å². The molecule has 0 radical (unpaired) electrons. The van der Waals surface area contributed by atoms with Crippen LogP contribution in [-0.2, 0) is 9.22 Å². The summed E-state index contributed by atoms with van der Waals surface area (Å²) in [6, 6.07) is 0. The standard InChI is InChI=1S/C24H44O2Si/c1-2-12-22(19-13-6-3-7-14-19)24(23(25)26-27,20-15-8-4-9-16-20)21-17-10-5-11-18-21/h19-22H,2-18H2,1,27H3. The second-order valence-corrected chi connectivity index (χ2v) is 10.3. The first-order chi connectivity index (χ1) is 13.2. The Morgan fingerprint density at radius 1 is 0.852 bits per heavy atom. The van der Waals surface area contributed by atoms with Gasteiger partial charge < -0.3 is 4.43 Å². The second-order valence-electron chi connectivity index (χ2n) is 9.89. The van der Waals surface area contributed by atoms with E-state index in [1.165, 1.54) is 109 Å². The lowest BCUT2D eigenvalue weighted by molar-refractivity contribution is -0.169. The summed E-state index contributed by atoms with van der Waals surface area (Å²) in [5.74, 6) is 2.78. The zero-order chi connectivity index (χ0) is 19.1. The minimum atomic E-state index is -0.152. The third kappa shape index (κ3) is 4.48. The van der Waals surface area contributed by atoms with Crippen LogP contribution in [0.4, 0.5) is 0 Å². The van der Waals surface area contributed by atoms with Gasteiger partial charge >= 0.3 is 0 Å². The Hall–Kier alpha value is -0.313. The van der Waals surface area contributed by atoms with Gasteiger partial charge in [0.25, 0.3) is 5.97 Å². The molecule has 3 rings (SSSR count). The molecular weight excluding hydrogens is 348 g/mol. The van der Waals surface area contributed by atoms with Gasteiger partial charge in [-0.15, -0.1) is 0 Å². The fraction of sp³-hybridized carbons (Fsp3) is 0.958. The van der Waals surface area contributed by atoms with Gasteiger partial charge in [-0.2, -0.15) is 0 Å². The molecule has 0 heterocycles. The van der Waals surface area contributed by atoms with E-state index in [-0.39, 0.29) is 11.4 Å². The molecule has 0 saturated heterocycles. The van der Waals surface area contributed by atoms with E-state index in [0.29, 0.717) is 28.2 Å². The van der Waals surface area contributed by atoms with Crippen LogP contribution in [0.15, 0.2) is 0 Å². The number of hydrogen-bond donors (Lipinski definition) is 0. The maximum atomic E-state index is 13.8. The molecule has 2 nitrogen and oxygen atoms in total. The minimum absolute atomic E-state index is 0.152. The first-order valence-corrected chi connectivity index (χ1v) is 13.1. The van der Waals surface area contributed by atoms with E-state index in [9.17, 15) is 4.79 Å². The summed E-state index contributed by atoms with van der Waals surface area (Å²) in [6.07, 6.45) is 22.5. The van der Waals surface area contributed by atoms with Crippen LogP contribution in [0, 0.1) is 29.1 Å². The highest BCUT2D eigenvalue weighted by Gasteiger charge is 2.57. The quantitative estimate of drug-likeness (QED) is 0.500. The van der Waals surface area contributed by atoms with Crippen molar-refractivity contribution in [2.45, 2.75) is 116 Å². The van der Waals surface area contributed by atoms with Gasteiger partial charge in [0.1, 0.15) is 0 Å². The van der Waals surface area contributed by atoms with Crippen molar-refractivity contribution < 1.29 is 9.22 Å². The van der Waals surface area contributed by atoms with Gasteiger partial charge in [-0.1, -0.05) is 84.0 Å². The third-order valence-electron chi connectivity index (χ3n) is 8.53. The lowest BCUT2D eigenvalue weighted by Crippen LogP contribution is -2.54. The smallest absolute Gasteiger partial charge is 0.298 e. The molecule has 1 atom stereocenters. The van der Waals surface area contributed by atoms with E-state index in [1.807, 2.05) is 0 Å². The summed E-state index contributed by atoms with van der Waals surface area (Å²) >= 11 is 0. The molecule has 3 saturated carbocycles. The van der Waals surface area contributed by atoms with Gasteiger partial charge in [-0.05, 0) is 55.8 Å². The van der Waals surface area contributed by atoms with Crippen LogP contribution >= 0.6 is 0 Å². The molecule has 0 aromatic rings. The summed E-state index contributed by atoms with van der Waals surface area (Å²) in [5.41, 5.74) is -0.152. The Bertz CT molecular complexity index is 427. The normalized spacial score (nSPS) is 25.4. The maximum absolute atomic E-state index is 13.8. The van der Waals surface area contributed by atoms with Crippen LogP contribution < -0.4 is 0 Å². The van der Waals surface area contributed by atoms with Gasteiger partial charge in [-0.3, -0.25) is 4.79 Å². The molecule has 1 unspecified atom stereocenters. The predicted octanol–water partition coefficient (Wildman–Crippen LogP) is 5.95. The summed E-state index contributed by atoms with van der Waals surface area (Å²) in [4.78, 5) is 13.8. The fourth-order valence-corrected chi connectivity index (χ4v) is 7.83. The maximum Gasteiger partial charge on any atom is 0.298 e. The van der Waals surface area contributed by atoms with Crippen molar-refractivity contribution in [3.8, 4) is 0 Å². The lowest BCUT2D eigenvalue weighted by Gasteiger charge is -2.54. The van der Waals surface area contributed by atoms with Crippen molar-refractivity contribution in [3.63, 3.8) is 0 Å². The van der Waals surface area contributed by atoms with E-state index >= 15 is 0 Å². The van der Waals surface area contributed by atoms with Crippen molar-refractivity contribution >= 4 is 16.5 Å². The van der Waals surface area contributed by atoms with Crippen molar-refractivity contribution in [1.82, 2.24) is 0 Å². The molecule has 3 heteroatoms. The lowest BCUT2D eigenvalue weighted by atomic mass is 9.49. The minimum Gasteiger partial charge on any atom is -0.528 e. The largest absolute Gasteiger partial charge is 0.528 e. The van der Waals surface area contributed by atoms with E-state index < -0.39 is 0 Å². The molecule has 3 aliphatic carbocycles. The van der Waals surface area contributed by atoms with Gasteiger partial charge in [0.05, 0.1) is 5.41 Å². The zero-order valence-corrected chi connectivity index (χ0v) is 20.1. The molecule has 27 heavy (non-hydrogen) atoms. The SMILES string of the molecule is CCCC(C1CCCCC1)C(C(=O)O[SiH3])(C1CCCCC1)C1CCCCC1. The summed E-state index contributed by atoms with van der Waals surface area (Å²) in [7, 11) is 0.559. The average Bonchev–Trinajstić information content (AvgIpc) is 2.75. The highest BCUT2D eigenvalue weighted by molar-refractivity contribution is 6.06. The van der Waals surface area contributed by atoms with Crippen LogP contribution in [0.2, 0.25) is 0 Å². The molecular formula is C24H44O2Si. The van der Waals surface area contributed by atoms with Crippen molar-refractivity contribution in [2.75, 3.05) is 0 Å². The van der Waals surface area contributed by atoms with Crippen LogP contribution in [0.1, 0.15) is 116 Å². The molecule has 0 aromatic carbocycles. The third-order valence-corrected chi connectivity index (χ3v) is 8.90. The Labute approximate surface area is 171 Å². The van der Waals surface area contributed by atoms with Crippen LogP contribution in [-0.4, -0.2) is 16.5 Å². The molecule has 0 spiro atoms. The molecule has 3 fully saturated rings. The number of carbonyl (C=O) groups excluding carboxylic acids is 1. The number of hydrogen-bond acceptors (Lipinski definition) is 2. The summed E-state index contributed by atoms with van der Waals surface area (Å²) < 4.78 is 5.84. The first kappa shape index (κ1) is 21.4. The van der Waals surface area contributed by atoms with Crippen LogP contribution in [0.25, 0.3) is 0 Å². The van der Waals surface area contributed by atoms with Gasteiger partial charge in [-0.25, -0.2) is 0 Å². The second kappa shape index (κ2) is 10.5. The molecule has 0 amide bonds. The van der Waals surface area contributed by atoms with E-state index in [0.717, 1.165) is 5.92 Å². The van der Waals surface area contributed by atoms with Gasteiger partial charge in [0.2, 0.25) is 10.5 Å². The molecule has 0 aromatic heterocycles. The first-order valence-electron chi connectivity index (χ1n) is 12.3. The number of rotatable bonds is 7. The monoisotopic (exact) mass is 392 g/mol. The van der Waals surface area contributed by atoms with Crippen molar-refractivity contribution in [3.05, 3.63) is 0 Å². The molecule has 0 bridgehead atoms. The Morgan fingerprint density at radius 3 is 1.70 bits per heavy atom.